The van der Waals surface area contributed by atoms with Gasteiger partial charge in [0.05, 0.1) is 13.2 Å². The third-order valence-electron chi connectivity index (χ3n) is 1.90. The van der Waals surface area contributed by atoms with Crippen molar-refractivity contribution in [3.63, 3.8) is 0 Å². The second-order valence-corrected chi connectivity index (χ2v) is 3.26. The summed E-state index contributed by atoms with van der Waals surface area (Å²) < 4.78 is 5.05. The van der Waals surface area contributed by atoms with Crippen LogP contribution in [0.3, 0.4) is 0 Å². The van der Waals surface area contributed by atoms with E-state index in [-0.39, 0.29) is 6.10 Å². The normalized spacial score (nSPS) is 13.1. The van der Waals surface area contributed by atoms with Gasteiger partial charge in [-0.15, -0.1) is 0 Å². The van der Waals surface area contributed by atoms with Crippen molar-refractivity contribution in [2.24, 2.45) is 0 Å². The van der Waals surface area contributed by atoms with Crippen LogP contribution < -0.4 is 4.74 Å². The van der Waals surface area contributed by atoms with Gasteiger partial charge in [-0.25, -0.2) is 0 Å². The fourth-order valence-corrected chi connectivity index (χ4v) is 1.12. The molecule has 0 bridgehead atoms. The van der Waals surface area contributed by atoms with E-state index in [1.54, 1.807) is 14.0 Å². The fraction of sp³-hybridized carbons (Fsp3) is 0.333. The first kappa shape index (κ1) is 10.8. The highest BCUT2D eigenvalue weighted by molar-refractivity contribution is 5.50. The van der Waals surface area contributed by atoms with Gasteiger partial charge in [0.1, 0.15) is 5.75 Å². The molecule has 0 saturated heterocycles. The van der Waals surface area contributed by atoms with Crippen LogP contribution in [0.25, 0.3) is 6.08 Å². The second kappa shape index (κ2) is 5.45. The van der Waals surface area contributed by atoms with E-state index in [2.05, 4.69) is 0 Å². The summed E-state index contributed by atoms with van der Waals surface area (Å²) in [6.07, 6.45) is 4.37. The van der Waals surface area contributed by atoms with Crippen LogP contribution in [-0.4, -0.2) is 18.3 Å². The summed E-state index contributed by atoms with van der Waals surface area (Å²) in [6, 6.07) is 7.80. The molecule has 76 valence electrons. The molecule has 14 heavy (non-hydrogen) atoms. The summed E-state index contributed by atoms with van der Waals surface area (Å²) in [5.74, 6) is 0.859. The average Bonchev–Trinajstić information content (AvgIpc) is 2.18. The number of ether oxygens (including phenoxy) is 1. The van der Waals surface area contributed by atoms with Gasteiger partial charge < -0.3 is 9.84 Å². The van der Waals surface area contributed by atoms with Crippen LogP contribution in [0.15, 0.2) is 30.3 Å². The Balaban J connectivity index is 2.55. The summed E-state index contributed by atoms with van der Waals surface area (Å²) in [5.41, 5.74) is 1.12. The van der Waals surface area contributed by atoms with Gasteiger partial charge >= 0.3 is 0 Å². The molecule has 0 fully saturated rings. The first-order chi connectivity index (χ1) is 6.72. The molecule has 0 heterocycles. The molecule has 1 atom stereocenters. The zero-order valence-corrected chi connectivity index (χ0v) is 8.60. The van der Waals surface area contributed by atoms with Gasteiger partial charge in [0.2, 0.25) is 0 Å². The van der Waals surface area contributed by atoms with Crippen molar-refractivity contribution >= 4 is 6.08 Å². The lowest BCUT2D eigenvalue weighted by Gasteiger charge is -1.99. The van der Waals surface area contributed by atoms with Gasteiger partial charge in [-0.2, -0.15) is 0 Å². The Morgan fingerprint density at radius 1 is 1.36 bits per heavy atom. The third-order valence-corrected chi connectivity index (χ3v) is 1.90. The Morgan fingerprint density at radius 3 is 2.50 bits per heavy atom. The monoisotopic (exact) mass is 192 g/mol. The average molecular weight is 192 g/mol. The molecule has 0 spiro atoms. The summed E-state index contributed by atoms with van der Waals surface area (Å²) in [4.78, 5) is 0. The Labute approximate surface area is 84.8 Å². The first-order valence-electron chi connectivity index (χ1n) is 4.71. The van der Waals surface area contributed by atoms with Crippen molar-refractivity contribution in [1.29, 1.82) is 0 Å². The predicted octanol–water partition coefficient (Wildman–Crippen LogP) is 2.48. The Hall–Kier alpha value is -1.28. The molecule has 2 heteroatoms. The molecule has 1 aromatic carbocycles. The van der Waals surface area contributed by atoms with Crippen molar-refractivity contribution in [1.82, 2.24) is 0 Å². The molecule has 2 nitrogen and oxygen atoms in total. The molecule has 1 unspecified atom stereocenters. The molecule has 0 aliphatic rings. The van der Waals surface area contributed by atoms with E-state index in [9.17, 15) is 0 Å². The predicted molar refractivity (Wildman–Crippen MR) is 58.3 cm³/mol. The van der Waals surface area contributed by atoms with Crippen LogP contribution in [0.2, 0.25) is 0 Å². The lowest BCUT2D eigenvalue weighted by atomic mass is 10.2. The Bertz CT molecular complexity index is 286. The van der Waals surface area contributed by atoms with Crippen LogP contribution in [0.4, 0.5) is 0 Å². The Morgan fingerprint density at radius 2 is 2.00 bits per heavy atom. The van der Waals surface area contributed by atoms with E-state index in [1.165, 1.54) is 0 Å². The van der Waals surface area contributed by atoms with Gasteiger partial charge in [0.15, 0.2) is 0 Å². The summed E-state index contributed by atoms with van der Waals surface area (Å²) >= 11 is 0. The summed E-state index contributed by atoms with van der Waals surface area (Å²) in [7, 11) is 1.65. The van der Waals surface area contributed by atoms with E-state index in [4.69, 9.17) is 9.84 Å². The van der Waals surface area contributed by atoms with E-state index in [0.29, 0.717) is 6.42 Å². The van der Waals surface area contributed by atoms with E-state index in [1.807, 2.05) is 36.4 Å². The molecular weight excluding hydrogens is 176 g/mol. The standard InChI is InChI=1S/C12H16O2/c1-10(13)4-3-5-11-6-8-12(14-2)9-7-11/h3,5-10,13H,4H2,1-2H3/b5-3+. The third kappa shape index (κ3) is 3.62. The topological polar surface area (TPSA) is 29.5 Å². The van der Waals surface area contributed by atoms with Crippen molar-refractivity contribution in [2.75, 3.05) is 7.11 Å². The van der Waals surface area contributed by atoms with Crippen LogP contribution in [-0.2, 0) is 0 Å². The SMILES string of the molecule is COc1ccc(/C=C/CC(C)O)cc1. The minimum Gasteiger partial charge on any atom is -0.497 e. The molecule has 0 amide bonds. The highest BCUT2D eigenvalue weighted by Crippen LogP contribution is 2.12. The van der Waals surface area contributed by atoms with Gasteiger partial charge in [0, 0.05) is 0 Å². The molecular formula is C12H16O2. The van der Waals surface area contributed by atoms with Crippen molar-refractivity contribution in [3.8, 4) is 5.75 Å². The number of rotatable bonds is 4. The number of aliphatic hydroxyl groups is 1. The number of hydrogen-bond donors (Lipinski definition) is 1. The molecule has 0 aromatic heterocycles. The molecule has 1 aromatic rings. The number of hydrogen-bond acceptors (Lipinski definition) is 2. The molecule has 1 rings (SSSR count). The van der Waals surface area contributed by atoms with Crippen LogP contribution in [0.5, 0.6) is 5.75 Å². The summed E-state index contributed by atoms with van der Waals surface area (Å²) in [6.45, 7) is 1.78. The number of methoxy groups -OCH3 is 1. The molecule has 0 saturated carbocycles. The molecule has 1 N–H and O–H groups in total. The van der Waals surface area contributed by atoms with E-state index >= 15 is 0 Å². The molecule has 0 aliphatic carbocycles. The smallest absolute Gasteiger partial charge is 0.118 e. The summed E-state index contributed by atoms with van der Waals surface area (Å²) in [5, 5.41) is 9.04. The minimum atomic E-state index is -0.274. The fourth-order valence-electron chi connectivity index (χ4n) is 1.12. The number of benzene rings is 1. The quantitative estimate of drug-likeness (QED) is 0.794. The zero-order valence-electron chi connectivity index (χ0n) is 8.60. The zero-order chi connectivity index (χ0) is 10.4. The maximum absolute atomic E-state index is 9.04. The van der Waals surface area contributed by atoms with Gasteiger partial charge in [-0.05, 0) is 31.0 Å². The maximum atomic E-state index is 9.04. The van der Waals surface area contributed by atoms with Gasteiger partial charge in [-0.3, -0.25) is 0 Å². The van der Waals surface area contributed by atoms with Gasteiger partial charge in [-0.1, -0.05) is 24.3 Å². The lowest BCUT2D eigenvalue weighted by Crippen LogP contribution is -1.95. The highest BCUT2D eigenvalue weighted by atomic mass is 16.5. The minimum absolute atomic E-state index is 0.274. The van der Waals surface area contributed by atoms with Crippen LogP contribution >= 0.6 is 0 Å². The maximum Gasteiger partial charge on any atom is 0.118 e. The first-order valence-corrected chi connectivity index (χ1v) is 4.71. The largest absolute Gasteiger partial charge is 0.497 e. The molecule has 0 aliphatic heterocycles. The second-order valence-electron chi connectivity index (χ2n) is 3.26. The van der Waals surface area contributed by atoms with Crippen molar-refractivity contribution in [3.05, 3.63) is 35.9 Å². The lowest BCUT2D eigenvalue weighted by molar-refractivity contribution is 0.199. The highest BCUT2D eigenvalue weighted by Gasteiger charge is 1.91. The van der Waals surface area contributed by atoms with Crippen LogP contribution in [0, 0.1) is 0 Å². The number of aliphatic hydroxyl groups excluding tert-OH is 1. The van der Waals surface area contributed by atoms with Crippen molar-refractivity contribution in [2.45, 2.75) is 19.4 Å². The van der Waals surface area contributed by atoms with Crippen molar-refractivity contribution < 1.29 is 9.84 Å². The van der Waals surface area contributed by atoms with Crippen LogP contribution in [0.1, 0.15) is 18.9 Å². The molecule has 0 radical (unpaired) electrons. The van der Waals surface area contributed by atoms with Gasteiger partial charge in [0.25, 0.3) is 0 Å². The van der Waals surface area contributed by atoms with E-state index in [0.717, 1.165) is 11.3 Å². The Kier molecular flexibility index (Phi) is 4.20. The van der Waals surface area contributed by atoms with E-state index < -0.39 is 0 Å².